The van der Waals surface area contributed by atoms with Crippen LogP contribution in [0.1, 0.15) is 0 Å². The molecule has 2 nitrogen and oxygen atoms in total. The van der Waals surface area contributed by atoms with Crippen LogP contribution < -0.4 is 5.32 Å². The molecule has 1 aliphatic rings. The average molecular weight is 126 g/mol. The van der Waals surface area contributed by atoms with Crippen LogP contribution in [0.3, 0.4) is 0 Å². The summed E-state index contributed by atoms with van der Waals surface area (Å²) in [5, 5.41) is 3.61. The maximum Gasteiger partial charge on any atom is 0.115 e. The second kappa shape index (κ2) is 2.93. The predicted octanol–water partition coefficient (Wildman–Crippen LogP) is 0.101. The molecule has 0 N–H and O–H groups in total. The van der Waals surface area contributed by atoms with Crippen LogP contribution in [0.4, 0.5) is 0 Å². The summed E-state index contributed by atoms with van der Waals surface area (Å²) < 4.78 is 0. The van der Waals surface area contributed by atoms with E-state index >= 15 is 0 Å². The van der Waals surface area contributed by atoms with Gasteiger partial charge in [-0.15, -0.1) is 0 Å². The van der Waals surface area contributed by atoms with Crippen molar-refractivity contribution in [2.75, 3.05) is 0 Å². The van der Waals surface area contributed by atoms with Gasteiger partial charge < -0.3 is 0 Å². The van der Waals surface area contributed by atoms with E-state index in [0.717, 1.165) is 0 Å². The molecule has 0 aromatic rings. The van der Waals surface area contributed by atoms with Crippen molar-refractivity contribution in [2.24, 2.45) is 4.99 Å². The number of hydrogen-bond donors (Lipinski definition) is 0. The van der Waals surface area contributed by atoms with E-state index in [9.17, 15) is 0 Å². The van der Waals surface area contributed by atoms with Crippen LogP contribution in [0.5, 0.6) is 0 Å². The standard InChI is InChI=1S/C3H3N2.Co/c1-2-5-3-4-1;/h1-3H;. The molecule has 0 amide bonds. The smallest absolute Gasteiger partial charge is 0.115 e. The Morgan fingerprint density at radius 1 is 1.17 bits per heavy atom. The van der Waals surface area contributed by atoms with Crippen LogP contribution in [-0.2, 0) is 16.8 Å². The Bertz CT molecular complexity index is 66.9. The predicted molar refractivity (Wildman–Crippen MR) is 19.8 cm³/mol. The fourth-order valence-electron chi connectivity index (χ4n) is 0.192. The van der Waals surface area contributed by atoms with Gasteiger partial charge in [-0.2, -0.15) is 0 Å². The van der Waals surface area contributed by atoms with Crippen molar-refractivity contribution in [1.29, 1.82) is 0 Å². The Labute approximate surface area is 46.5 Å². The summed E-state index contributed by atoms with van der Waals surface area (Å²) in [6.07, 6.45) is 4.78. The van der Waals surface area contributed by atoms with Gasteiger partial charge in [0.25, 0.3) is 0 Å². The van der Waals surface area contributed by atoms with Gasteiger partial charge in [0, 0.05) is 29.2 Å². The second-order valence-electron chi connectivity index (χ2n) is 0.712. The maximum absolute atomic E-state index is 3.61. The first-order valence-electron chi connectivity index (χ1n) is 1.37. The van der Waals surface area contributed by atoms with Crippen molar-refractivity contribution in [3.8, 4) is 0 Å². The summed E-state index contributed by atoms with van der Waals surface area (Å²) in [5.74, 6) is 0. The van der Waals surface area contributed by atoms with Crippen molar-refractivity contribution >= 4 is 6.34 Å². The van der Waals surface area contributed by atoms with Crippen LogP contribution >= 0.6 is 0 Å². The summed E-state index contributed by atoms with van der Waals surface area (Å²) in [6, 6.07) is 0. The molecule has 0 aliphatic carbocycles. The Morgan fingerprint density at radius 2 is 2.00 bits per heavy atom. The third kappa shape index (κ3) is 1.23. The molecule has 34 valence electrons. The molecule has 0 bridgehead atoms. The molecule has 2 radical (unpaired) electrons. The van der Waals surface area contributed by atoms with Gasteiger partial charge in [-0.1, -0.05) is 0 Å². The van der Waals surface area contributed by atoms with Gasteiger partial charge in [-0.25, -0.2) is 10.3 Å². The topological polar surface area (TPSA) is 26.5 Å². The van der Waals surface area contributed by atoms with E-state index < -0.39 is 0 Å². The van der Waals surface area contributed by atoms with Gasteiger partial charge in [0.15, 0.2) is 0 Å². The molecule has 0 atom stereocenters. The zero-order valence-electron chi connectivity index (χ0n) is 2.96. The molecule has 3 heteroatoms. The van der Waals surface area contributed by atoms with Crippen molar-refractivity contribution in [1.82, 2.24) is 5.32 Å². The normalized spacial score (nSPS) is 13.3. The van der Waals surface area contributed by atoms with Crippen molar-refractivity contribution in [2.45, 2.75) is 0 Å². The first-order valence-corrected chi connectivity index (χ1v) is 1.37. The Balaban J connectivity index is 0.000000250. The van der Waals surface area contributed by atoms with E-state index in [-0.39, 0.29) is 16.8 Å². The summed E-state index contributed by atoms with van der Waals surface area (Å²) >= 11 is 0. The van der Waals surface area contributed by atoms with Crippen LogP contribution in [0.2, 0.25) is 0 Å². The molecular formula is C3H3CoN2. The van der Waals surface area contributed by atoms with Crippen LogP contribution in [0.15, 0.2) is 17.4 Å². The number of aliphatic imine (C=N–C) groups is 1. The Hall–Kier alpha value is -0.284. The van der Waals surface area contributed by atoms with Crippen molar-refractivity contribution in [3.63, 3.8) is 0 Å². The molecule has 0 spiro atoms. The fourth-order valence-corrected chi connectivity index (χ4v) is 0.192. The summed E-state index contributed by atoms with van der Waals surface area (Å²) in [4.78, 5) is 3.61. The van der Waals surface area contributed by atoms with Crippen molar-refractivity contribution in [3.05, 3.63) is 12.4 Å². The molecule has 0 aromatic carbocycles. The minimum absolute atomic E-state index is 0. The quantitative estimate of drug-likeness (QED) is 0.440. The van der Waals surface area contributed by atoms with Crippen LogP contribution in [0.25, 0.3) is 0 Å². The minimum atomic E-state index is 0. The Morgan fingerprint density at radius 3 is 2.17 bits per heavy atom. The van der Waals surface area contributed by atoms with Gasteiger partial charge >= 0.3 is 0 Å². The number of nitrogens with zero attached hydrogens (tertiary/aromatic N) is 2. The van der Waals surface area contributed by atoms with Crippen LogP contribution in [-0.4, -0.2) is 6.34 Å². The molecule has 0 unspecified atom stereocenters. The summed E-state index contributed by atoms with van der Waals surface area (Å²) in [7, 11) is 0. The average Bonchev–Trinajstić information content (AvgIpc) is 1.76. The molecule has 0 saturated heterocycles. The van der Waals surface area contributed by atoms with Gasteiger partial charge in [0.1, 0.15) is 6.34 Å². The zero-order chi connectivity index (χ0) is 3.54. The van der Waals surface area contributed by atoms with E-state index in [2.05, 4.69) is 10.3 Å². The molecule has 0 fully saturated rings. The van der Waals surface area contributed by atoms with E-state index in [0.29, 0.717) is 0 Å². The second-order valence-corrected chi connectivity index (χ2v) is 0.712. The molecule has 1 rings (SSSR count). The molecular weight excluding hydrogens is 123 g/mol. The van der Waals surface area contributed by atoms with Crippen LogP contribution in [0, 0.1) is 0 Å². The summed E-state index contributed by atoms with van der Waals surface area (Å²) in [6.45, 7) is 0. The summed E-state index contributed by atoms with van der Waals surface area (Å²) in [5.41, 5.74) is 0. The van der Waals surface area contributed by atoms with E-state index in [1.165, 1.54) is 6.34 Å². The number of rotatable bonds is 0. The van der Waals surface area contributed by atoms with Gasteiger partial charge in [-0.05, 0) is 0 Å². The van der Waals surface area contributed by atoms with E-state index in [4.69, 9.17) is 0 Å². The minimum Gasteiger partial charge on any atom is -0.243 e. The molecule has 0 saturated carbocycles. The van der Waals surface area contributed by atoms with Gasteiger partial charge in [0.05, 0.1) is 0 Å². The first-order chi connectivity index (χ1) is 2.50. The maximum atomic E-state index is 3.61. The first kappa shape index (κ1) is 5.72. The SMILES string of the molecule is C1=CN=C[N]1.[Co]. The fraction of sp³-hybridized carbons (Fsp3) is 0. The molecule has 1 heterocycles. The Kier molecular flexibility index (Phi) is 2.79. The zero-order valence-corrected chi connectivity index (χ0v) is 4.00. The van der Waals surface area contributed by atoms with Crippen molar-refractivity contribution < 1.29 is 16.8 Å². The largest absolute Gasteiger partial charge is 0.243 e. The third-order valence-electron chi connectivity index (χ3n) is 0.372. The van der Waals surface area contributed by atoms with Gasteiger partial charge in [-0.3, -0.25) is 0 Å². The monoisotopic (exact) mass is 126 g/mol. The number of hydrogen-bond acceptors (Lipinski definition) is 1. The van der Waals surface area contributed by atoms with Gasteiger partial charge in [0.2, 0.25) is 0 Å². The van der Waals surface area contributed by atoms with E-state index in [1.54, 1.807) is 12.4 Å². The molecule has 1 aliphatic heterocycles. The van der Waals surface area contributed by atoms with E-state index in [1.807, 2.05) is 0 Å². The third-order valence-corrected chi connectivity index (χ3v) is 0.372. The molecule has 0 aromatic heterocycles. The molecule has 6 heavy (non-hydrogen) atoms.